The van der Waals surface area contributed by atoms with Gasteiger partial charge in [-0.1, -0.05) is 24.0 Å². The third kappa shape index (κ3) is 7.45. The number of aliphatic hydroxyl groups is 1. The molecule has 2 aromatic rings. The van der Waals surface area contributed by atoms with Gasteiger partial charge in [-0.2, -0.15) is 0 Å². The number of ether oxygens (including phenoxy) is 1. The van der Waals surface area contributed by atoms with Crippen molar-refractivity contribution in [1.29, 1.82) is 0 Å². The van der Waals surface area contributed by atoms with Gasteiger partial charge in [0.2, 0.25) is 0 Å². The number of morpholine rings is 1. The Bertz CT molecular complexity index is 1120. The van der Waals surface area contributed by atoms with Gasteiger partial charge >= 0.3 is 0 Å². The van der Waals surface area contributed by atoms with Gasteiger partial charge in [-0.15, -0.1) is 0 Å². The summed E-state index contributed by atoms with van der Waals surface area (Å²) >= 11 is 0. The molecule has 3 rings (SSSR count). The average Bonchev–Trinajstić information content (AvgIpc) is 2.85. The zero-order chi connectivity index (χ0) is 24.3. The van der Waals surface area contributed by atoms with Gasteiger partial charge in [-0.25, -0.2) is 5.48 Å². The highest BCUT2D eigenvalue weighted by atomic mass is 16.5. The molecule has 1 aliphatic rings. The van der Waals surface area contributed by atoms with Crippen LogP contribution in [0.4, 0.5) is 0 Å². The summed E-state index contributed by atoms with van der Waals surface area (Å²) in [6.07, 6.45) is -1.18. The Morgan fingerprint density at radius 3 is 2.38 bits per heavy atom. The van der Waals surface area contributed by atoms with E-state index in [1.165, 1.54) is 18.0 Å². The van der Waals surface area contributed by atoms with E-state index in [9.17, 15) is 14.7 Å². The van der Waals surface area contributed by atoms with Crippen LogP contribution < -0.4 is 10.8 Å². The Morgan fingerprint density at radius 1 is 1.06 bits per heavy atom. The first kappa shape index (κ1) is 25.0. The molecule has 2 amide bonds. The molecule has 0 bridgehead atoms. The van der Waals surface area contributed by atoms with E-state index in [1.807, 2.05) is 12.1 Å². The maximum atomic E-state index is 12.3. The number of nitrogens with one attached hydrogen (secondary N) is 2. The third-order valence-corrected chi connectivity index (χ3v) is 5.22. The normalized spacial score (nSPS) is 15.0. The van der Waals surface area contributed by atoms with Crippen molar-refractivity contribution in [2.24, 2.45) is 0 Å². The molecule has 0 radical (unpaired) electrons. The van der Waals surface area contributed by atoms with E-state index in [0.717, 1.165) is 38.4 Å². The van der Waals surface area contributed by atoms with Crippen LogP contribution in [0, 0.1) is 23.7 Å². The van der Waals surface area contributed by atoms with Gasteiger partial charge in [-0.3, -0.25) is 19.7 Å². The van der Waals surface area contributed by atoms with Gasteiger partial charge in [0, 0.05) is 36.3 Å². The van der Waals surface area contributed by atoms with Crippen molar-refractivity contribution in [1.82, 2.24) is 15.7 Å². The van der Waals surface area contributed by atoms with Crippen molar-refractivity contribution >= 4 is 11.8 Å². The summed E-state index contributed by atoms with van der Waals surface area (Å²) in [7, 11) is 0. The molecule has 0 spiro atoms. The van der Waals surface area contributed by atoms with Gasteiger partial charge in [0.25, 0.3) is 11.8 Å². The van der Waals surface area contributed by atoms with Crippen molar-refractivity contribution in [3.63, 3.8) is 0 Å². The smallest absolute Gasteiger partial charge is 0.268 e. The number of benzene rings is 2. The number of hydrogen-bond acceptors (Lipinski definition) is 6. The Morgan fingerprint density at radius 2 is 1.74 bits per heavy atom. The first-order valence-corrected chi connectivity index (χ1v) is 10.9. The van der Waals surface area contributed by atoms with Crippen LogP contribution in [0.2, 0.25) is 0 Å². The Hall–Kier alpha value is -3.66. The fourth-order valence-corrected chi connectivity index (χ4v) is 3.38. The van der Waals surface area contributed by atoms with Crippen LogP contribution in [0.25, 0.3) is 0 Å². The molecule has 0 aromatic heterocycles. The highest BCUT2D eigenvalue weighted by molar-refractivity contribution is 5.97. The number of amides is 2. The zero-order valence-corrected chi connectivity index (χ0v) is 18.9. The zero-order valence-electron chi connectivity index (χ0n) is 18.9. The lowest BCUT2D eigenvalue weighted by molar-refractivity contribution is -0.133. The number of hydroxylamine groups is 1. The average molecular weight is 462 g/mol. The fraction of sp³-hybridized carbons (Fsp3) is 0.308. The third-order valence-electron chi connectivity index (χ3n) is 5.22. The topological polar surface area (TPSA) is 111 Å². The molecule has 4 N–H and O–H groups in total. The van der Waals surface area contributed by atoms with E-state index >= 15 is 0 Å². The predicted molar refractivity (Wildman–Crippen MR) is 126 cm³/mol. The lowest BCUT2D eigenvalue weighted by Crippen LogP contribution is -2.51. The number of nitrogens with zero attached hydrogens (tertiary/aromatic N) is 1. The van der Waals surface area contributed by atoms with E-state index in [0.29, 0.717) is 5.56 Å². The molecule has 1 fully saturated rings. The molecular formula is C26H27N3O5. The molecule has 0 saturated carbocycles. The van der Waals surface area contributed by atoms with E-state index in [4.69, 9.17) is 9.94 Å². The molecule has 2 atom stereocenters. The summed E-state index contributed by atoms with van der Waals surface area (Å²) in [5.41, 5.74) is 4.47. The second-order valence-electron chi connectivity index (χ2n) is 7.83. The summed E-state index contributed by atoms with van der Waals surface area (Å²) in [6.45, 7) is 5.60. The molecule has 8 heteroatoms. The first-order chi connectivity index (χ1) is 16.5. The molecule has 0 unspecified atom stereocenters. The molecule has 2 aromatic carbocycles. The van der Waals surface area contributed by atoms with Gasteiger partial charge in [-0.05, 0) is 60.7 Å². The van der Waals surface area contributed by atoms with Crippen molar-refractivity contribution < 1.29 is 24.6 Å². The molecular weight excluding hydrogens is 434 g/mol. The molecule has 176 valence electrons. The molecule has 1 heterocycles. The van der Waals surface area contributed by atoms with Crippen molar-refractivity contribution in [3.05, 3.63) is 70.8 Å². The van der Waals surface area contributed by atoms with Crippen LogP contribution in [0.15, 0.2) is 48.5 Å². The van der Waals surface area contributed by atoms with E-state index < -0.39 is 24.0 Å². The minimum atomic E-state index is -1.28. The summed E-state index contributed by atoms with van der Waals surface area (Å²) in [5, 5.41) is 20.7. The SMILES string of the molecule is C[C@@H](O)[C@H](NC(=O)c1ccc(C#CC#Cc2cccc(CN3CCOCC3)c2)cc1)C(=O)NO. The molecule has 8 nitrogen and oxygen atoms in total. The van der Waals surface area contributed by atoms with Crippen LogP contribution in [0.1, 0.15) is 34.0 Å². The number of aliphatic hydroxyl groups excluding tert-OH is 1. The Balaban J connectivity index is 1.59. The summed E-state index contributed by atoms with van der Waals surface area (Å²) in [5.74, 6) is 10.2. The van der Waals surface area contributed by atoms with Gasteiger partial charge in [0.05, 0.1) is 19.3 Å². The van der Waals surface area contributed by atoms with Crippen molar-refractivity contribution in [2.75, 3.05) is 26.3 Å². The van der Waals surface area contributed by atoms with Gasteiger partial charge in [0.1, 0.15) is 6.04 Å². The van der Waals surface area contributed by atoms with Gasteiger partial charge in [0.15, 0.2) is 0 Å². The number of carbonyl (C=O) groups excluding carboxylic acids is 2. The van der Waals surface area contributed by atoms with Gasteiger partial charge < -0.3 is 15.2 Å². The minimum Gasteiger partial charge on any atom is -0.391 e. The van der Waals surface area contributed by atoms with Crippen LogP contribution in [0.5, 0.6) is 0 Å². The molecule has 1 aliphatic heterocycles. The van der Waals surface area contributed by atoms with E-state index in [-0.39, 0.29) is 5.56 Å². The maximum Gasteiger partial charge on any atom is 0.268 e. The summed E-state index contributed by atoms with van der Waals surface area (Å²) in [4.78, 5) is 26.2. The van der Waals surface area contributed by atoms with Crippen molar-refractivity contribution in [3.8, 4) is 23.7 Å². The van der Waals surface area contributed by atoms with Crippen molar-refractivity contribution in [2.45, 2.75) is 25.6 Å². The fourth-order valence-electron chi connectivity index (χ4n) is 3.38. The van der Waals surface area contributed by atoms with Crippen LogP contribution in [-0.4, -0.2) is 65.5 Å². The second-order valence-corrected chi connectivity index (χ2v) is 7.83. The van der Waals surface area contributed by atoms with E-state index in [2.05, 4.69) is 46.0 Å². The maximum absolute atomic E-state index is 12.3. The van der Waals surface area contributed by atoms with Crippen LogP contribution >= 0.6 is 0 Å². The molecule has 1 saturated heterocycles. The number of rotatable bonds is 6. The number of carbonyl (C=O) groups is 2. The first-order valence-electron chi connectivity index (χ1n) is 10.9. The Kier molecular flexibility index (Phi) is 9.21. The van der Waals surface area contributed by atoms with Crippen LogP contribution in [-0.2, 0) is 16.1 Å². The number of hydrogen-bond donors (Lipinski definition) is 4. The standard InChI is InChI=1S/C26H27N3O5/c1-19(30)24(26(32)28-33)27-25(31)23-11-9-20(10-12-23)5-2-3-6-21-7-4-8-22(17-21)18-29-13-15-34-16-14-29/h4,7-12,17,19,24,30,33H,13-16,18H2,1H3,(H,27,31)(H,28,32)/t19-,24+/m1/s1. The van der Waals surface area contributed by atoms with Crippen LogP contribution in [0.3, 0.4) is 0 Å². The highest BCUT2D eigenvalue weighted by Crippen LogP contribution is 2.09. The monoisotopic (exact) mass is 461 g/mol. The molecule has 34 heavy (non-hydrogen) atoms. The second kappa shape index (κ2) is 12.5. The lowest BCUT2D eigenvalue weighted by atomic mass is 10.1. The van der Waals surface area contributed by atoms with E-state index in [1.54, 1.807) is 24.3 Å². The predicted octanol–water partition coefficient (Wildman–Crippen LogP) is 0.907. The highest BCUT2D eigenvalue weighted by Gasteiger charge is 2.25. The quantitative estimate of drug-likeness (QED) is 0.289. The summed E-state index contributed by atoms with van der Waals surface area (Å²) in [6, 6.07) is 13.2. The molecule has 0 aliphatic carbocycles. The minimum absolute atomic E-state index is 0.283. The summed E-state index contributed by atoms with van der Waals surface area (Å²) < 4.78 is 5.39. The largest absolute Gasteiger partial charge is 0.391 e. The lowest BCUT2D eigenvalue weighted by Gasteiger charge is -2.26. The Labute approximate surface area is 198 Å².